The van der Waals surface area contributed by atoms with Crippen molar-refractivity contribution >= 4 is 39.6 Å². The van der Waals surface area contributed by atoms with Crippen LogP contribution in [0.1, 0.15) is 45.8 Å². The summed E-state index contributed by atoms with van der Waals surface area (Å²) >= 11 is 2.80. The number of rotatable bonds is 5. The third-order valence-corrected chi connectivity index (χ3v) is 6.95. The van der Waals surface area contributed by atoms with Crippen molar-refractivity contribution in [1.82, 2.24) is 4.98 Å². The van der Waals surface area contributed by atoms with Crippen molar-refractivity contribution in [3.63, 3.8) is 0 Å². The van der Waals surface area contributed by atoms with Gasteiger partial charge in [-0.15, -0.1) is 22.7 Å². The molecule has 1 aromatic carbocycles. The SMILES string of the molecule is N#Cc1c(NC(=O)COC(=O)c2csc(-c3ccccc3)n2)sc2c1CCCCC2. The minimum atomic E-state index is -0.647. The summed E-state index contributed by atoms with van der Waals surface area (Å²) in [6, 6.07) is 11.8. The van der Waals surface area contributed by atoms with Crippen LogP contribution >= 0.6 is 22.7 Å². The number of nitrogens with zero attached hydrogens (tertiary/aromatic N) is 2. The molecule has 1 aliphatic rings. The van der Waals surface area contributed by atoms with Crippen LogP contribution in [0.3, 0.4) is 0 Å². The van der Waals surface area contributed by atoms with E-state index in [1.54, 1.807) is 5.38 Å². The van der Waals surface area contributed by atoms with Crippen LogP contribution in [0.2, 0.25) is 0 Å². The van der Waals surface area contributed by atoms with Crippen LogP contribution in [0.5, 0.6) is 0 Å². The second-order valence-electron chi connectivity index (χ2n) is 6.91. The fourth-order valence-corrected chi connectivity index (χ4v) is 5.45. The summed E-state index contributed by atoms with van der Waals surface area (Å²) in [5, 5.41) is 15.2. The molecule has 1 aliphatic carbocycles. The number of aromatic nitrogens is 1. The molecule has 4 rings (SSSR count). The van der Waals surface area contributed by atoms with Crippen LogP contribution in [0.25, 0.3) is 10.6 Å². The summed E-state index contributed by atoms with van der Waals surface area (Å²) in [5.41, 5.74) is 2.69. The predicted octanol–water partition coefficient (Wildman–Crippen LogP) is 4.81. The quantitative estimate of drug-likeness (QED) is 0.457. The molecule has 8 heteroatoms. The summed E-state index contributed by atoms with van der Waals surface area (Å²) in [7, 11) is 0. The number of benzene rings is 1. The number of amides is 1. The van der Waals surface area contributed by atoms with Crippen molar-refractivity contribution < 1.29 is 14.3 Å². The van der Waals surface area contributed by atoms with Gasteiger partial charge >= 0.3 is 5.97 Å². The highest BCUT2D eigenvalue weighted by Crippen LogP contribution is 2.36. The molecule has 2 heterocycles. The van der Waals surface area contributed by atoms with Crippen LogP contribution in [-0.2, 0) is 22.4 Å². The zero-order chi connectivity index (χ0) is 20.9. The highest BCUT2D eigenvalue weighted by molar-refractivity contribution is 7.16. The van der Waals surface area contributed by atoms with Crippen molar-refractivity contribution in [2.24, 2.45) is 0 Å². The first-order valence-corrected chi connectivity index (χ1v) is 11.4. The van der Waals surface area contributed by atoms with Gasteiger partial charge in [0.1, 0.15) is 16.1 Å². The summed E-state index contributed by atoms with van der Waals surface area (Å²) in [4.78, 5) is 30.0. The first kappa shape index (κ1) is 20.3. The minimum Gasteiger partial charge on any atom is -0.451 e. The number of esters is 1. The average molecular weight is 438 g/mol. The van der Waals surface area contributed by atoms with Crippen LogP contribution in [0.4, 0.5) is 5.00 Å². The smallest absolute Gasteiger partial charge is 0.358 e. The largest absolute Gasteiger partial charge is 0.451 e. The molecule has 1 amide bonds. The van der Waals surface area contributed by atoms with Gasteiger partial charge in [-0.2, -0.15) is 5.26 Å². The molecule has 0 fully saturated rings. The lowest BCUT2D eigenvalue weighted by Gasteiger charge is -2.05. The van der Waals surface area contributed by atoms with E-state index in [4.69, 9.17) is 4.74 Å². The maximum absolute atomic E-state index is 12.3. The van der Waals surface area contributed by atoms with Crippen LogP contribution in [0, 0.1) is 11.3 Å². The van der Waals surface area contributed by atoms with Crippen LogP contribution in [0.15, 0.2) is 35.7 Å². The number of fused-ring (bicyclic) bond motifs is 1. The summed E-state index contributed by atoms with van der Waals surface area (Å²) < 4.78 is 5.12. The number of hydrogen-bond donors (Lipinski definition) is 1. The Balaban J connectivity index is 1.37. The van der Waals surface area contributed by atoms with E-state index in [9.17, 15) is 14.9 Å². The number of hydrogen-bond acceptors (Lipinski definition) is 7. The number of carbonyl (C=O) groups is 2. The Hall–Kier alpha value is -3.02. The number of carbonyl (C=O) groups excluding carboxylic acids is 2. The molecule has 0 saturated carbocycles. The number of anilines is 1. The second-order valence-corrected chi connectivity index (χ2v) is 8.87. The van der Waals surface area contributed by atoms with Gasteiger partial charge in [-0.25, -0.2) is 9.78 Å². The molecule has 1 N–H and O–H groups in total. The Morgan fingerprint density at radius 3 is 2.77 bits per heavy atom. The molecule has 6 nitrogen and oxygen atoms in total. The fraction of sp³-hybridized carbons (Fsp3) is 0.273. The third kappa shape index (κ3) is 4.42. The number of thiophene rings is 1. The lowest BCUT2D eigenvalue weighted by Crippen LogP contribution is -2.21. The Morgan fingerprint density at radius 2 is 1.97 bits per heavy atom. The summed E-state index contributed by atoms with van der Waals surface area (Å²) in [5.74, 6) is -1.11. The van der Waals surface area contributed by atoms with Gasteiger partial charge < -0.3 is 10.1 Å². The molecule has 0 aliphatic heterocycles. The molecular formula is C22H19N3O3S2. The molecule has 0 bridgehead atoms. The zero-order valence-electron chi connectivity index (χ0n) is 16.1. The Kier molecular flexibility index (Phi) is 6.21. The Labute approximate surface area is 182 Å². The van der Waals surface area contributed by atoms with E-state index >= 15 is 0 Å². The van der Waals surface area contributed by atoms with E-state index < -0.39 is 18.5 Å². The van der Waals surface area contributed by atoms with Gasteiger partial charge in [-0.05, 0) is 31.2 Å². The monoisotopic (exact) mass is 437 g/mol. The van der Waals surface area contributed by atoms with E-state index in [1.807, 2.05) is 30.3 Å². The van der Waals surface area contributed by atoms with Gasteiger partial charge in [-0.3, -0.25) is 4.79 Å². The molecule has 0 atom stereocenters. The second kappa shape index (κ2) is 9.20. The molecule has 0 radical (unpaired) electrons. The molecule has 2 aromatic heterocycles. The number of aryl methyl sites for hydroxylation is 1. The maximum Gasteiger partial charge on any atom is 0.358 e. The molecule has 0 spiro atoms. The minimum absolute atomic E-state index is 0.173. The van der Waals surface area contributed by atoms with E-state index in [2.05, 4.69) is 16.4 Å². The molecular weight excluding hydrogens is 418 g/mol. The number of thiazole rings is 1. The third-order valence-electron chi connectivity index (χ3n) is 4.85. The van der Waals surface area contributed by atoms with Crippen molar-refractivity contribution in [1.29, 1.82) is 5.26 Å². The summed E-state index contributed by atoms with van der Waals surface area (Å²) in [6.07, 6.45) is 5.12. The number of nitrogens with one attached hydrogen (secondary N) is 1. The predicted molar refractivity (Wildman–Crippen MR) is 117 cm³/mol. The Morgan fingerprint density at radius 1 is 1.17 bits per heavy atom. The average Bonchev–Trinajstić information content (AvgIpc) is 3.31. The number of ether oxygens (including phenoxy) is 1. The van der Waals surface area contributed by atoms with Gasteiger partial charge in [0.05, 0.1) is 5.56 Å². The lowest BCUT2D eigenvalue weighted by atomic mass is 10.1. The highest BCUT2D eigenvalue weighted by atomic mass is 32.1. The van der Waals surface area contributed by atoms with Crippen LogP contribution < -0.4 is 5.32 Å². The van der Waals surface area contributed by atoms with Gasteiger partial charge in [-0.1, -0.05) is 36.8 Å². The standard InChI is InChI=1S/C22H19N3O3S2/c23-11-16-15-9-5-2-6-10-18(15)30-21(16)25-19(26)12-28-22(27)17-13-29-20(24-17)14-7-3-1-4-8-14/h1,3-4,7-8,13H,2,5-6,9-10,12H2,(H,25,26). The molecule has 0 unspecified atom stereocenters. The first-order valence-electron chi connectivity index (χ1n) is 9.68. The van der Waals surface area contributed by atoms with Gasteiger partial charge in [0, 0.05) is 15.8 Å². The molecule has 3 aromatic rings. The van der Waals surface area contributed by atoms with Gasteiger partial charge in [0.15, 0.2) is 12.3 Å². The molecule has 0 saturated heterocycles. The van der Waals surface area contributed by atoms with Gasteiger partial charge in [0.25, 0.3) is 5.91 Å². The lowest BCUT2D eigenvalue weighted by molar-refractivity contribution is -0.119. The normalized spacial score (nSPS) is 13.0. The van der Waals surface area contributed by atoms with E-state index in [-0.39, 0.29) is 5.69 Å². The van der Waals surface area contributed by atoms with E-state index in [1.165, 1.54) is 27.6 Å². The topological polar surface area (TPSA) is 92.1 Å². The van der Waals surface area contributed by atoms with Crippen molar-refractivity contribution in [2.75, 3.05) is 11.9 Å². The maximum atomic E-state index is 12.3. The van der Waals surface area contributed by atoms with Crippen LogP contribution in [-0.4, -0.2) is 23.5 Å². The van der Waals surface area contributed by atoms with E-state index in [0.29, 0.717) is 15.6 Å². The van der Waals surface area contributed by atoms with Crippen molar-refractivity contribution in [3.8, 4) is 16.6 Å². The molecule has 152 valence electrons. The van der Waals surface area contributed by atoms with Crippen molar-refractivity contribution in [3.05, 3.63) is 57.4 Å². The number of nitriles is 1. The van der Waals surface area contributed by atoms with Crippen molar-refractivity contribution in [2.45, 2.75) is 32.1 Å². The Bertz CT molecular complexity index is 1110. The zero-order valence-corrected chi connectivity index (χ0v) is 17.8. The first-order chi connectivity index (χ1) is 14.7. The molecule has 30 heavy (non-hydrogen) atoms. The fourth-order valence-electron chi connectivity index (χ4n) is 3.40. The summed E-state index contributed by atoms with van der Waals surface area (Å²) in [6.45, 7) is -0.426. The van der Waals surface area contributed by atoms with E-state index in [0.717, 1.165) is 43.2 Å². The van der Waals surface area contributed by atoms with Gasteiger partial charge in [0.2, 0.25) is 0 Å². The highest BCUT2D eigenvalue weighted by Gasteiger charge is 2.22.